The fourth-order valence-corrected chi connectivity index (χ4v) is 3.22. The molecule has 0 atom stereocenters. The number of Topliss-reactive ketones (excluding diaryl/α,β-unsaturated/α-hetero) is 1. The van der Waals surface area contributed by atoms with Crippen LogP contribution in [0.5, 0.6) is 0 Å². The highest BCUT2D eigenvalue weighted by Gasteiger charge is 2.24. The van der Waals surface area contributed by atoms with Crippen molar-refractivity contribution in [3.63, 3.8) is 0 Å². The van der Waals surface area contributed by atoms with Crippen LogP contribution in [0, 0.1) is 5.92 Å². The third-order valence-electron chi connectivity index (χ3n) is 4.01. The molecule has 0 bridgehead atoms. The molecule has 0 saturated heterocycles. The van der Waals surface area contributed by atoms with Crippen molar-refractivity contribution in [2.45, 2.75) is 38.5 Å². The maximum atomic E-state index is 12.7. The minimum atomic E-state index is 0.151. The minimum absolute atomic E-state index is 0.151. The molecule has 1 aliphatic rings. The molecule has 3 nitrogen and oxygen atoms in total. The Kier molecular flexibility index (Phi) is 3.56. The first-order chi connectivity index (χ1) is 9.27. The number of ketones is 1. The van der Waals surface area contributed by atoms with Gasteiger partial charge in [0.05, 0.1) is 5.02 Å². The van der Waals surface area contributed by atoms with Gasteiger partial charge in [0, 0.05) is 29.3 Å². The van der Waals surface area contributed by atoms with E-state index in [0.29, 0.717) is 16.2 Å². The highest BCUT2D eigenvalue weighted by Crippen LogP contribution is 2.31. The number of halogens is 1. The zero-order chi connectivity index (χ0) is 13.2. The Balaban J connectivity index is 1.97. The Morgan fingerprint density at radius 3 is 2.74 bits per heavy atom. The summed E-state index contributed by atoms with van der Waals surface area (Å²) in [6.45, 7) is 0. The highest BCUT2D eigenvalue weighted by atomic mass is 35.5. The molecule has 2 heterocycles. The van der Waals surface area contributed by atoms with Gasteiger partial charge in [-0.2, -0.15) is 0 Å². The second-order valence-electron chi connectivity index (χ2n) is 5.27. The zero-order valence-electron chi connectivity index (χ0n) is 10.8. The molecule has 2 aromatic rings. The largest absolute Gasteiger partial charge is 0.345 e. The normalized spacial score (nSPS) is 17.5. The Bertz CT molecular complexity index is 597. The van der Waals surface area contributed by atoms with E-state index in [1.54, 1.807) is 18.5 Å². The molecule has 0 amide bonds. The summed E-state index contributed by atoms with van der Waals surface area (Å²) in [5.41, 5.74) is 1.41. The lowest BCUT2D eigenvalue weighted by Gasteiger charge is -2.12. The van der Waals surface area contributed by atoms with Crippen molar-refractivity contribution >= 4 is 28.4 Å². The number of fused-ring (bicyclic) bond motifs is 1. The second-order valence-corrected chi connectivity index (χ2v) is 5.68. The van der Waals surface area contributed by atoms with Crippen LogP contribution in [-0.4, -0.2) is 15.8 Å². The van der Waals surface area contributed by atoms with Crippen molar-refractivity contribution < 1.29 is 4.79 Å². The fourth-order valence-electron chi connectivity index (χ4n) is 2.97. The van der Waals surface area contributed by atoms with E-state index in [4.69, 9.17) is 11.6 Å². The summed E-state index contributed by atoms with van der Waals surface area (Å²) in [6, 6.07) is 1.74. The lowest BCUT2D eigenvalue weighted by atomic mass is 9.91. The number of aromatic nitrogens is 2. The van der Waals surface area contributed by atoms with Crippen molar-refractivity contribution in [2.24, 2.45) is 5.92 Å². The van der Waals surface area contributed by atoms with Gasteiger partial charge in [0.1, 0.15) is 5.65 Å². The van der Waals surface area contributed by atoms with E-state index in [2.05, 4.69) is 9.97 Å². The number of carbonyl (C=O) groups excluding carboxylic acids is 1. The number of pyridine rings is 1. The number of H-pyrrole nitrogens is 1. The summed E-state index contributed by atoms with van der Waals surface area (Å²) in [5, 5.41) is 1.38. The van der Waals surface area contributed by atoms with Gasteiger partial charge >= 0.3 is 0 Å². The number of carbonyl (C=O) groups is 1. The van der Waals surface area contributed by atoms with E-state index < -0.39 is 0 Å². The molecule has 19 heavy (non-hydrogen) atoms. The Labute approximate surface area is 117 Å². The monoisotopic (exact) mass is 276 g/mol. The summed E-state index contributed by atoms with van der Waals surface area (Å²) in [6.07, 6.45) is 10.2. The van der Waals surface area contributed by atoms with Gasteiger partial charge in [0.25, 0.3) is 0 Å². The predicted octanol–water partition coefficient (Wildman–Crippen LogP) is 4.37. The summed E-state index contributed by atoms with van der Waals surface area (Å²) in [7, 11) is 0. The molecule has 0 spiro atoms. The first-order valence-electron chi connectivity index (χ1n) is 6.93. The van der Waals surface area contributed by atoms with Gasteiger partial charge in [0.2, 0.25) is 0 Å². The zero-order valence-corrected chi connectivity index (χ0v) is 11.5. The van der Waals surface area contributed by atoms with E-state index in [1.165, 1.54) is 12.8 Å². The first-order valence-corrected chi connectivity index (χ1v) is 7.31. The third-order valence-corrected chi connectivity index (χ3v) is 4.33. The predicted molar refractivity (Wildman–Crippen MR) is 76.6 cm³/mol. The summed E-state index contributed by atoms with van der Waals surface area (Å²) in [5.74, 6) is 0.376. The van der Waals surface area contributed by atoms with Gasteiger partial charge in [-0.05, 0) is 18.9 Å². The van der Waals surface area contributed by atoms with Crippen LogP contribution >= 0.6 is 11.6 Å². The quantitative estimate of drug-likeness (QED) is 0.654. The standard InChI is InChI=1S/C15H17ClN2O/c16-12-7-8-17-15-13(12)11(9-18-15)14(19)10-5-3-1-2-4-6-10/h7-10H,1-6H2,(H,17,18). The summed E-state index contributed by atoms with van der Waals surface area (Å²) < 4.78 is 0. The van der Waals surface area contributed by atoms with Crippen LogP contribution in [0.25, 0.3) is 11.0 Å². The van der Waals surface area contributed by atoms with Crippen LogP contribution < -0.4 is 0 Å². The Hall–Kier alpha value is -1.35. The van der Waals surface area contributed by atoms with Crippen LogP contribution in [0.2, 0.25) is 5.02 Å². The minimum Gasteiger partial charge on any atom is -0.345 e. The second kappa shape index (κ2) is 5.33. The molecular formula is C15H17ClN2O. The maximum Gasteiger partial charge on any atom is 0.168 e. The van der Waals surface area contributed by atoms with Crippen molar-refractivity contribution in [3.8, 4) is 0 Å². The van der Waals surface area contributed by atoms with Crippen molar-refractivity contribution in [3.05, 3.63) is 29.0 Å². The van der Waals surface area contributed by atoms with Gasteiger partial charge < -0.3 is 4.98 Å². The number of hydrogen-bond donors (Lipinski definition) is 1. The van der Waals surface area contributed by atoms with E-state index in [1.807, 2.05) is 0 Å². The van der Waals surface area contributed by atoms with Crippen molar-refractivity contribution in [1.82, 2.24) is 9.97 Å². The lowest BCUT2D eigenvalue weighted by Crippen LogP contribution is -2.13. The smallest absolute Gasteiger partial charge is 0.168 e. The van der Waals surface area contributed by atoms with Crippen LogP contribution in [0.3, 0.4) is 0 Å². The third kappa shape index (κ3) is 2.39. The fraction of sp³-hybridized carbons (Fsp3) is 0.467. The first kappa shape index (κ1) is 12.7. The average molecular weight is 277 g/mol. The number of nitrogens with one attached hydrogen (secondary N) is 1. The van der Waals surface area contributed by atoms with Gasteiger partial charge in [-0.25, -0.2) is 4.98 Å². The molecule has 2 aromatic heterocycles. The molecule has 1 saturated carbocycles. The molecule has 1 N–H and O–H groups in total. The van der Waals surface area contributed by atoms with Gasteiger partial charge in [-0.15, -0.1) is 0 Å². The van der Waals surface area contributed by atoms with Crippen molar-refractivity contribution in [2.75, 3.05) is 0 Å². The molecule has 100 valence electrons. The van der Waals surface area contributed by atoms with Gasteiger partial charge in [-0.3, -0.25) is 4.79 Å². The maximum absolute atomic E-state index is 12.7. The van der Waals surface area contributed by atoms with E-state index in [-0.39, 0.29) is 11.7 Å². The Morgan fingerprint density at radius 2 is 2.00 bits per heavy atom. The number of nitrogens with zero attached hydrogens (tertiary/aromatic N) is 1. The van der Waals surface area contributed by atoms with Gasteiger partial charge in [-0.1, -0.05) is 37.3 Å². The summed E-state index contributed by atoms with van der Waals surface area (Å²) >= 11 is 6.21. The molecule has 3 rings (SSSR count). The van der Waals surface area contributed by atoms with Crippen LogP contribution in [0.15, 0.2) is 18.5 Å². The van der Waals surface area contributed by atoms with Crippen LogP contribution in [-0.2, 0) is 0 Å². The lowest BCUT2D eigenvalue weighted by molar-refractivity contribution is 0.0909. The SMILES string of the molecule is O=C(c1c[nH]c2nccc(Cl)c12)C1CCCCCC1. The Morgan fingerprint density at radius 1 is 1.26 bits per heavy atom. The van der Waals surface area contributed by atoms with Crippen molar-refractivity contribution in [1.29, 1.82) is 0 Å². The number of rotatable bonds is 2. The van der Waals surface area contributed by atoms with Gasteiger partial charge in [0.15, 0.2) is 5.78 Å². The van der Waals surface area contributed by atoms with E-state index in [9.17, 15) is 4.79 Å². The van der Waals surface area contributed by atoms with E-state index in [0.717, 1.165) is 31.1 Å². The number of aromatic amines is 1. The molecule has 4 heteroatoms. The molecular weight excluding hydrogens is 260 g/mol. The van der Waals surface area contributed by atoms with Crippen LogP contribution in [0.1, 0.15) is 48.9 Å². The summed E-state index contributed by atoms with van der Waals surface area (Å²) in [4.78, 5) is 19.9. The molecule has 1 fully saturated rings. The number of hydrogen-bond acceptors (Lipinski definition) is 2. The molecule has 0 unspecified atom stereocenters. The highest BCUT2D eigenvalue weighted by molar-refractivity contribution is 6.36. The topological polar surface area (TPSA) is 45.8 Å². The molecule has 0 radical (unpaired) electrons. The molecule has 1 aliphatic carbocycles. The van der Waals surface area contributed by atoms with Crippen LogP contribution in [0.4, 0.5) is 0 Å². The molecule has 0 aromatic carbocycles. The molecule has 0 aliphatic heterocycles. The van der Waals surface area contributed by atoms with E-state index >= 15 is 0 Å². The average Bonchev–Trinajstić information content (AvgIpc) is 2.67.